The van der Waals surface area contributed by atoms with Crippen LogP contribution < -0.4 is 5.32 Å². The van der Waals surface area contributed by atoms with Gasteiger partial charge in [0.05, 0.1) is 0 Å². The Balaban J connectivity index is 2.17. The van der Waals surface area contributed by atoms with E-state index in [9.17, 15) is 8.78 Å². The molecule has 1 unspecified atom stereocenters. The molecule has 0 aliphatic rings. The van der Waals surface area contributed by atoms with Crippen LogP contribution in [0, 0.1) is 11.6 Å². The van der Waals surface area contributed by atoms with E-state index in [1.165, 1.54) is 17.0 Å². The van der Waals surface area contributed by atoms with Gasteiger partial charge in [0.2, 0.25) is 0 Å². The van der Waals surface area contributed by atoms with Gasteiger partial charge in [0, 0.05) is 10.9 Å². The molecule has 1 atom stereocenters. The second kappa shape index (κ2) is 7.57. The van der Waals surface area contributed by atoms with Gasteiger partial charge < -0.3 is 5.32 Å². The smallest absolute Gasteiger partial charge is 0.126 e. The van der Waals surface area contributed by atoms with Crippen molar-refractivity contribution in [2.75, 3.05) is 12.8 Å². The van der Waals surface area contributed by atoms with Gasteiger partial charge in [-0.25, -0.2) is 8.78 Å². The predicted octanol–water partition coefficient (Wildman–Crippen LogP) is 4.58. The van der Waals surface area contributed by atoms with Crippen LogP contribution >= 0.6 is 11.8 Å². The molecule has 2 rings (SSSR count). The Morgan fingerprint density at radius 3 is 2.43 bits per heavy atom. The van der Waals surface area contributed by atoms with E-state index in [0.717, 1.165) is 17.4 Å². The molecule has 0 aromatic heterocycles. The monoisotopic (exact) mass is 307 g/mol. The summed E-state index contributed by atoms with van der Waals surface area (Å²) in [7, 11) is 1.83. The average molecular weight is 307 g/mol. The molecule has 0 spiro atoms. The highest BCUT2D eigenvalue weighted by atomic mass is 32.2. The molecule has 0 bridgehead atoms. The summed E-state index contributed by atoms with van der Waals surface area (Å²) in [5, 5.41) is 3.17. The lowest BCUT2D eigenvalue weighted by molar-refractivity contribution is 0.544. The van der Waals surface area contributed by atoms with Crippen LogP contribution in [0.15, 0.2) is 47.4 Å². The van der Waals surface area contributed by atoms with E-state index in [0.29, 0.717) is 12.0 Å². The SMILES string of the molecule is CCSc1ccc(C(Cc2cc(F)ccc2F)NC)cc1. The fourth-order valence-electron chi connectivity index (χ4n) is 2.27. The number of halogens is 2. The normalized spacial score (nSPS) is 12.4. The molecule has 21 heavy (non-hydrogen) atoms. The lowest BCUT2D eigenvalue weighted by Gasteiger charge is -2.17. The first-order valence-corrected chi connectivity index (χ1v) is 7.96. The third kappa shape index (κ3) is 4.29. The Labute approximate surface area is 128 Å². The molecule has 0 saturated heterocycles. The van der Waals surface area contributed by atoms with Crippen LogP contribution in [0.1, 0.15) is 24.1 Å². The van der Waals surface area contributed by atoms with E-state index < -0.39 is 5.82 Å². The topological polar surface area (TPSA) is 12.0 Å². The number of thioether (sulfide) groups is 1. The van der Waals surface area contributed by atoms with Crippen LogP contribution in [0.25, 0.3) is 0 Å². The van der Waals surface area contributed by atoms with Crippen molar-refractivity contribution in [1.82, 2.24) is 5.32 Å². The highest BCUT2D eigenvalue weighted by Crippen LogP contribution is 2.24. The van der Waals surface area contributed by atoms with Gasteiger partial charge in [0.1, 0.15) is 11.6 Å². The standard InChI is InChI=1S/C17H19F2NS/c1-3-21-15-7-4-12(5-8-15)17(20-2)11-13-10-14(18)6-9-16(13)19/h4-10,17,20H,3,11H2,1-2H3. The molecule has 2 aromatic rings. The largest absolute Gasteiger partial charge is 0.313 e. The summed E-state index contributed by atoms with van der Waals surface area (Å²) < 4.78 is 27.0. The molecule has 0 aliphatic heterocycles. The molecule has 0 fully saturated rings. The summed E-state index contributed by atoms with van der Waals surface area (Å²) in [6, 6.07) is 11.8. The molecule has 4 heteroatoms. The Bertz CT molecular complexity index is 584. The zero-order valence-corrected chi connectivity index (χ0v) is 13.0. The summed E-state index contributed by atoms with van der Waals surface area (Å²) in [4.78, 5) is 1.22. The van der Waals surface area contributed by atoms with Gasteiger partial charge in [-0.2, -0.15) is 0 Å². The number of hydrogen-bond donors (Lipinski definition) is 1. The maximum Gasteiger partial charge on any atom is 0.126 e. The van der Waals surface area contributed by atoms with Gasteiger partial charge in [0.25, 0.3) is 0 Å². The summed E-state index contributed by atoms with van der Waals surface area (Å²) in [6.45, 7) is 2.11. The van der Waals surface area contributed by atoms with Crippen molar-refractivity contribution in [3.63, 3.8) is 0 Å². The predicted molar refractivity (Wildman–Crippen MR) is 84.7 cm³/mol. The minimum Gasteiger partial charge on any atom is -0.313 e. The molecule has 1 nitrogen and oxygen atoms in total. The first kappa shape index (κ1) is 16.0. The number of likely N-dealkylation sites (N-methyl/N-ethyl adjacent to an activating group) is 1. The van der Waals surface area contributed by atoms with E-state index >= 15 is 0 Å². The van der Waals surface area contributed by atoms with Crippen LogP contribution in [-0.2, 0) is 6.42 Å². The summed E-state index contributed by atoms with van der Waals surface area (Å²) >= 11 is 1.78. The number of benzene rings is 2. The van der Waals surface area contributed by atoms with E-state index in [4.69, 9.17) is 0 Å². The average Bonchev–Trinajstić information content (AvgIpc) is 2.49. The van der Waals surface area contributed by atoms with Crippen molar-refractivity contribution >= 4 is 11.8 Å². The van der Waals surface area contributed by atoms with Gasteiger partial charge >= 0.3 is 0 Å². The van der Waals surface area contributed by atoms with Crippen LogP contribution in [0.4, 0.5) is 8.78 Å². The van der Waals surface area contributed by atoms with Crippen molar-refractivity contribution in [3.8, 4) is 0 Å². The van der Waals surface area contributed by atoms with Gasteiger partial charge in [0.15, 0.2) is 0 Å². The molecular weight excluding hydrogens is 288 g/mol. The van der Waals surface area contributed by atoms with Crippen molar-refractivity contribution < 1.29 is 8.78 Å². The van der Waals surface area contributed by atoms with Gasteiger partial charge in [-0.05, 0) is 60.7 Å². The molecule has 112 valence electrons. The van der Waals surface area contributed by atoms with Crippen LogP contribution in [0.5, 0.6) is 0 Å². The fourth-order valence-corrected chi connectivity index (χ4v) is 2.93. The van der Waals surface area contributed by atoms with E-state index in [1.807, 2.05) is 19.2 Å². The van der Waals surface area contributed by atoms with E-state index in [1.54, 1.807) is 11.8 Å². The second-order valence-electron chi connectivity index (χ2n) is 4.78. The van der Waals surface area contributed by atoms with Crippen molar-refractivity contribution in [1.29, 1.82) is 0 Å². The Kier molecular flexibility index (Phi) is 5.76. The number of nitrogens with one attached hydrogen (secondary N) is 1. The summed E-state index contributed by atoms with van der Waals surface area (Å²) in [5.74, 6) is 0.259. The minimum atomic E-state index is -0.407. The van der Waals surface area contributed by atoms with E-state index in [-0.39, 0.29) is 11.9 Å². The van der Waals surface area contributed by atoms with Gasteiger partial charge in [-0.15, -0.1) is 11.8 Å². The molecule has 0 aliphatic carbocycles. The molecule has 0 radical (unpaired) electrons. The van der Waals surface area contributed by atoms with Crippen LogP contribution in [0.2, 0.25) is 0 Å². The van der Waals surface area contributed by atoms with Crippen LogP contribution in [-0.4, -0.2) is 12.8 Å². The number of rotatable bonds is 6. The third-order valence-electron chi connectivity index (χ3n) is 3.37. The van der Waals surface area contributed by atoms with E-state index in [2.05, 4.69) is 24.4 Å². The molecule has 0 heterocycles. The van der Waals surface area contributed by atoms with Crippen LogP contribution in [0.3, 0.4) is 0 Å². The maximum absolute atomic E-state index is 13.7. The zero-order valence-electron chi connectivity index (χ0n) is 12.2. The molecule has 1 N–H and O–H groups in total. The first-order chi connectivity index (χ1) is 10.1. The van der Waals surface area contributed by atoms with Gasteiger partial charge in [-0.3, -0.25) is 0 Å². The third-order valence-corrected chi connectivity index (χ3v) is 4.27. The maximum atomic E-state index is 13.7. The lowest BCUT2D eigenvalue weighted by Crippen LogP contribution is -2.19. The summed E-state index contributed by atoms with van der Waals surface area (Å²) in [6.07, 6.45) is 0.417. The van der Waals surface area contributed by atoms with Crippen molar-refractivity contribution in [3.05, 3.63) is 65.2 Å². The molecule has 0 saturated carbocycles. The highest BCUT2D eigenvalue weighted by Gasteiger charge is 2.13. The lowest BCUT2D eigenvalue weighted by atomic mass is 9.98. The fraction of sp³-hybridized carbons (Fsp3) is 0.294. The van der Waals surface area contributed by atoms with Crippen molar-refractivity contribution in [2.24, 2.45) is 0 Å². The Morgan fingerprint density at radius 2 is 1.81 bits per heavy atom. The Hall–Kier alpha value is -1.39. The van der Waals surface area contributed by atoms with Gasteiger partial charge in [-0.1, -0.05) is 19.1 Å². The quantitative estimate of drug-likeness (QED) is 0.784. The first-order valence-electron chi connectivity index (χ1n) is 6.98. The van der Waals surface area contributed by atoms with Crippen molar-refractivity contribution in [2.45, 2.75) is 24.3 Å². The molecule has 2 aromatic carbocycles. The number of hydrogen-bond acceptors (Lipinski definition) is 2. The zero-order chi connectivity index (χ0) is 15.2. The summed E-state index contributed by atoms with van der Waals surface area (Å²) in [5.41, 5.74) is 1.46. The molecule has 0 amide bonds. The second-order valence-corrected chi connectivity index (χ2v) is 6.12. The molecular formula is C17H19F2NS. The highest BCUT2D eigenvalue weighted by molar-refractivity contribution is 7.99. The Morgan fingerprint density at radius 1 is 1.10 bits per heavy atom. The minimum absolute atomic E-state index is 0.0398.